The highest BCUT2D eigenvalue weighted by Gasteiger charge is 2.34. The van der Waals surface area contributed by atoms with Crippen molar-refractivity contribution in [1.29, 1.82) is 0 Å². The number of esters is 1. The lowest BCUT2D eigenvalue weighted by atomic mass is 10.1. The highest BCUT2D eigenvalue weighted by molar-refractivity contribution is 9.10. The van der Waals surface area contributed by atoms with E-state index in [-0.39, 0.29) is 11.9 Å². The maximum atomic E-state index is 12.7. The summed E-state index contributed by atoms with van der Waals surface area (Å²) in [5.74, 6) is -0.293. The minimum absolute atomic E-state index is 0.0436. The number of nitrogens with zero attached hydrogens (tertiary/aromatic N) is 1. The molecule has 25 heavy (non-hydrogen) atoms. The van der Waals surface area contributed by atoms with Crippen LogP contribution in [0.5, 0.6) is 0 Å². The van der Waals surface area contributed by atoms with Gasteiger partial charge in [0.15, 0.2) is 10.8 Å². The van der Waals surface area contributed by atoms with Crippen LogP contribution >= 0.6 is 15.9 Å². The molecule has 0 aliphatic carbocycles. The van der Waals surface area contributed by atoms with Crippen LogP contribution in [0.2, 0.25) is 0 Å². The van der Waals surface area contributed by atoms with Crippen LogP contribution in [0.25, 0.3) is 6.08 Å². The molecule has 5 nitrogen and oxygen atoms in total. The number of fused-ring (bicyclic) bond motifs is 1. The molecule has 2 aromatic rings. The number of carbonyl (C=O) groups is 2. The van der Waals surface area contributed by atoms with E-state index >= 15 is 0 Å². The summed E-state index contributed by atoms with van der Waals surface area (Å²) < 4.78 is 11.1. The number of hydrogen-bond acceptors (Lipinski definition) is 4. The van der Waals surface area contributed by atoms with Gasteiger partial charge in [-0.05, 0) is 66.0 Å². The fraction of sp³-hybridized carbons (Fsp3) is 0.263. The van der Waals surface area contributed by atoms with Crippen LogP contribution in [0, 0.1) is 0 Å². The zero-order valence-corrected chi connectivity index (χ0v) is 15.5. The second-order valence-electron chi connectivity index (χ2n) is 5.94. The molecule has 0 spiro atoms. The van der Waals surface area contributed by atoms with Gasteiger partial charge in [0.05, 0.1) is 0 Å². The van der Waals surface area contributed by atoms with Crippen molar-refractivity contribution in [3.05, 3.63) is 58.5 Å². The third-order valence-electron chi connectivity index (χ3n) is 4.06. The lowest BCUT2D eigenvalue weighted by Gasteiger charge is -2.25. The molecule has 2 atom stereocenters. The van der Waals surface area contributed by atoms with Crippen LogP contribution in [-0.2, 0) is 20.7 Å². The van der Waals surface area contributed by atoms with E-state index < -0.39 is 12.1 Å². The zero-order valence-electron chi connectivity index (χ0n) is 13.9. The first-order valence-corrected chi connectivity index (χ1v) is 8.80. The van der Waals surface area contributed by atoms with E-state index in [9.17, 15) is 9.59 Å². The number of para-hydroxylation sites is 1. The van der Waals surface area contributed by atoms with Crippen molar-refractivity contribution in [2.75, 3.05) is 4.90 Å². The Kier molecular flexibility index (Phi) is 5.08. The Morgan fingerprint density at radius 2 is 2.08 bits per heavy atom. The predicted molar refractivity (Wildman–Crippen MR) is 98.1 cm³/mol. The van der Waals surface area contributed by atoms with Gasteiger partial charge < -0.3 is 14.1 Å². The molecule has 0 saturated carbocycles. The number of anilines is 1. The van der Waals surface area contributed by atoms with Crippen LogP contribution in [-0.4, -0.2) is 24.0 Å². The van der Waals surface area contributed by atoms with Crippen LogP contribution in [0.1, 0.15) is 25.2 Å². The number of halogens is 1. The molecule has 0 radical (unpaired) electrons. The van der Waals surface area contributed by atoms with E-state index in [1.807, 2.05) is 31.2 Å². The fourth-order valence-corrected chi connectivity index (χ4v) is 3.25. The third kappa shape index (κ3) is 3.85. The van der Waals surface area contributed by atoms with Gasteiger partial charge in [0.25, 0.3) is 5.91 Å². The van der Waals surface area contributed by atoms with Crippen LogP contribution < -0.4 is 4.90 Å². The summed E-state index contributed by atoms with van der Waals surface area (Å²) >= 11 is 3.19. The molecule has 0 N–H and O–H groups in total. The van der Waals surface area contributed by atoms with E-state index in [0.717, 1.165) is 17.7 Å². The van der Waals surface area contributed by atoms with Gasteiger partial charge in [-0.15, -0.1) is 0 Å². The first-order chi connectivity index (χ1) is 12.0. The molecule has 0 unspecified atom stereocenters. The summed E-state index contributed by atoms with van der Waals surface area (Å²) in [6.45, 7) is 3.58. The summed E-state index contributed by atoms with van der Waals surface area (Å²) in [6.07, 6.45) is 2.68. The van der Waals surface area contributed by atoms with E-state index in [0.29, 0.717) is 10.4 Å². The maximum absolute atomic E-state index is 12.7. The topological polar surface area (TPSA) is 59.8 Å². The van der Waals surface area contributed by atoms with Crippen LogP contribution in [0.3, 0.4) is 0 Å². The molecule has 1 amide bonds. The van der Waals surface area contributed by atoms with E-state index in [1.165, 1.54) is 12.2 Å². The Morgan fingerprint density at radius 3 is 2.80 bits per heavy atom. The number of hydrogen-bond donors (Lipinski definition) is 0. The van der Waals surface area contributed by atoms with Crippen molar-refractivity contribution in [2.24, 2.45) is 0 Å². The lowest BCUT2D eigenvalue weighted by molar-refractivity contribution is -0.149. The van der Waals surface area contributed by atoms with E-state index in [4.69, 9.17) is 9.15 Å². The van der Waals surface area contributed by atoms with Crippen molar-refractivity contribution >= 4 is 39.6 Å². The molecule has 0 bridgehead atoms. The molecule has 2 heterocycles. The molecule has 1 aromatic carbocycles. The number of amides is 1. The molecule has 130 valence electrons. The molecule has 6 heteroatoms. The largest absolute Gasteiger partial charge is 0.450 e. The minimum Gasteiger partial charge on any atom is -0.450 e. The first-order valence-electron chi connectivity index (χ1n) is 8.00. The molecule has 1 aliphatic rings. The van der Waals surface area contributed by atoms with E-state index in [1.54, 1.807) is 24.0 Å². The Bertz CT molecular complexity index is 826. The standard InChI is InChI=1S/C19H18BrNO4/c1-12-11-14-5-3-4-6-16(14)21(12)19(23)13(2)24-18(22)10-8-15-7-9-17(20)25-15/h3-10,12-13H,11H2,1-2H3/b10-8+/t12-,13+/m0/s1. The smallest absolute Gasteiger partial charge is 0.331 e. The number of ether oxygens (including phenoxy) is 1. The minimum atomic E-state index is -0.867. The Morgan fingerprint density at radius 1 is 1.32 bits per heavy atom. The van der Waals surface area contributed by atoms with Gasteiger partial charge in [0, 0.05) is 17.8 Å². The molecular formula is C19H18BrNO4. The quantitative estimate of drug-likeness (QED) is 0.572. The van der Waals surface area contributed by atoms with Gasteiger partial charge in [0.1, 0.15) is 5.76 Å². The highest BCUT2D eigenvalue weighted by Crippen LogP contribution is 2.32. The molecule has 0 fully saturated rings. The van der Waals surface area contributed by atoms with Crippen LogP contribution in [0.15, 0.2) is 51.6 Å². The summed E-state index contributed by atoms with van der Waals surface area (Å²) in [5.41, 5.74) is 2.02. The van der Waals surface area contributed by atoms with Crippen molar-refractivity contribution in [3.63, 3.8) is 0 Å². The van der Waals surface area contributed by atoms with Crippen molar-refractivity contribution in [1.82, 2.24) is 0 Å². The Balaban J connectivity index is 1.65. The second kappa shape index (κ2) is 7.27. The first kappa shape index (κ1) is 17.5. The third-order valence-corrected chi connectivity index (χ3v) is 4.49. The van der Waals surface area contributed by atoms with Gasteiger partial charge in [-0.1, -0.05) is 18.2 Å². The SMILES string of the molecule is C[C@@H](OC(=O)/C=C/c1ccc(Br)o1)C(=O)N1c2ccccc2C[C@@H]1C. The maximum Gasteiger partial charge on any atom is 0.331 e. The summed E-state index contributed by atoms with van der Waals surface area (Å²) in [7, 11) is 0. The van der Waals surface area contributed by atoms with Gasteiger partial charge in [-0.2, -0.15) is 0 Å². The Hall–Kier alpha value is -2.34. The predicted octanol–water partition coefficient (Wildman–Crippen LogP) is 3.96. The second-order valence-corrected chi connectivity index (χ2v) is 6.73. The normalized spacial score (nSPS) is 17.6. The molecule has 0 saturated heterocycles. The van der Waals surface area contributed by atoms with Gasteiger partial charge in [-0.3, -0.25) is 4.79 Å². The zero-order chi connectivity index (χ0) is 18.0. The van der Waals surface area contributed by atoms with Crippen molar-refractivity contribution < 1.29 is 18.7 Å². The fourth-order valence-electron chi connectivity index (χ4n) is 2.93. The average Bonchev–Trinajstić information content (AvgIpc) is 3.14. The van der Waals surface area contributed by atoms with Crippen molar-refractivity contribution in [3.8, 4) is 0 Å². The lowest BCUT2D eigenvalue weighted by Crippen LogP contribution is -2.43. The molecule has 3 rings (SSSR count). The number of rotatable bonds is 4. The van der Waals surface area contributed by atoms with Crippen molar-refractivity contribution in [2.45, 2.75) is 32.4 Å². The molecule has 1 aromatic heterocycles. The van der Waals surface area contributed by atoms with E-state index in [2.05, 4.69) is 15.9 Å². The number of benzene rings is 1. The average molecular weight is 404 g/mol. The van der Waals surface area contributed by atoms with Crippen LogP contribution in [0.4, 0.5) is 5.69 Å². The summed E-state index contributed by atoms with van der Waals surface area (Å²) in [4.78, 5) is 26.4. The highest BCUT2D eigenvalue weighted by atomic mass is 79.9. The summed E-state index contributed by atoms with van der Waals surface area (Å²) in [6, 6.07) is 11.3. The van der Waals surface area contributed by atoms with Gasteiger partial charge in [-0.25, -0.2) is 4.79 Å². The van der Waals surface area contributed by atoms with Gasteiger partial charge in [0.2, 0.25) is 0 Å². The number of furan rings is 1. The summed E-state index contributed by atoms with van der Waals surface area (Å²) in [5, 5.41) is 0. The Labute approximate surface area is 154 Å². The van der Waals surface area contributed by atoms with Gasteiger partial charge >= 0.3 is 5.97 Å². The molecular weight excluding hydrogens is 386 g/mol. The monoisotopic (exact) mass is 403 g/mol. The molecule has 1 aliphatic heterocycles. The number of carbonyl (C=O) groups excluding carboxylic acids is 2.